The molecule has 0 spiro atoms. The van der Waals surface area contributed by atoms with Crippen LogP contribution in [0.4, 0.5) is 0 Å². The van der Waals surface area contributed by atoms with Crippen molar-refractivity contribution in [2.75, 3.05) is 0 Å². The zero-order valence-electron chi connectivity index (χ0n) is 11.9. The number of allylic oxidation sites excluding steroid dienone is 8. The van der Waals surface area contributed by atoms with Crippen molar-refractivity contribution in [2.45, 2.75) is 0 Å². The molecule has 1 heterocycles. The molecule has 0 saturated carbocycles. The Morgan fingerprint density at radius 3 is 1.18 bits per heavy atom. The lowest BCUT2D eigenvalue weighted by molar-refractivity contribution is 0.601. The third-order valence-electron chi connectivity index (χ3n) is 2.78. The van der Waals surface area contributed by atoms with E-state index in [1.807, 2.05) is 0 Å². The Morgan fingerprint density at radius 1 is 0.591 bits per heavy atom. The summed E-state index contributed by atoms with van der Waals surface area (Å²) in [4.78, 5) is -1.46. The Labute approximate surface area is 131 Å². The predicted molar refractivity (Wildman–Crippen MR) is 91.0 cm³/mol. The zero-order valence-corrected chi connectivity index (χ0v) is 13.5. The molecule has 0 amide bonds. The van der Waals surface area contributed by atoms with Crippen molar-refractivity contribution < 1.29 is 16.8 Å². The maximum absolute atomic E-state index is 12.7. The number of rotatable bonds is 6. The first-order valence-electron chi connectivity index (χ1n) is 6.10. The van der Waals surface area contributed by atoms with Crippen LogP contribution in [0.15, 0.2) is 94.5 Å². The van der Waals surface area contributed by atoms with Crippen molar-refractivity contribution >= 4 is 19.7 Å². The summed E-state index contributed by atoms with van der Waals surface area (Å²) in [5.74, 6) is 0. The van der Waals surface area contributed by atoms with Crippen molar-refractivity contribution in [1.29, 1.82) is 0 Å². The summed E-state index contributed by atoms with van der Waals surface area (Å²) in [6, 6.07) is 0. The first-order chi connectivity index (χ1) is 10.3. The van der Waals surface area contributed by atoms with E-state index in [0.717, 1.165) is 12.2 Å². The molecule has 0 unspecified atom stereocenters. The fraction of sp³-hybridized carbons (Fsp3) is 0. The summed E-state index contributed by atoms with van der Waals surface area (Å²) in [5.41, 5.74) is 0. The molecule has 0 radical (unpaired) electrons. The van der Waals surface area contributed by atoms with Crippen LogP contribution in [0.3, 0.4) is 0 Å². The summed E-state index contributed by atoms with van der Waals surface area (Å²) >= 11 is 0. The van der Waals surface area contributed by atoms with Gasteiger partial charge in [0.1, 0.15) is 0 Å². The zero-order chi connectivity index (χ0) is 17.0. The molecular formula is C16H16O4S2. The molecule has 4 nitrogen and oxygen atoms in total. The van der Waals surface area contributed by atoms with Crippen LogP contribution < -0.4 is 0 Å². The molecule has 6 heteroatoms. The lowest BCUT2D eigenvalue weighted by atomic mass is 10.4. The highest BCUT2D eigenvalue weighted by molar-refractivity contribution is 8.06. The highest BCUT2D eigenvalue weighted by Crippen LogP contribution is 2.38. The van der Waals surface area contributed by atoms with Crippen LogP contribution in [0, 0.1) is 0 Å². The molecule has 0 aromatic carbocycles. The van der Waals surface area contributed by atoms with E-state index in [1.165, 1.54) is 36.5 Å². The molecule has 1 aliphatic heterocycles. The smallest absolute Gasteiger partial charge is 0.209 e. The first kappa shape index (κ1) is 17.9. The van der Waals surface area contributed by atoms with Crippen LogP contribution in [0.25, 0.3) is 0 Å². The molecule has 1 aliphatic rings. The molecule has 116 valence electrons. The van der Waals surface area contributed by atoms with Crippen molar-refractivity contribution in [3.63, 3.8) is 0 Å². The van der Waals surface area contributed by atoms with Crippen molar-refractivity contribution in [2.24, 2.45) is 0 Å². The highest BCUT2D eigenvalue weighted by Gasteiger charge is 2.39. The Kier molecular flexibility index (Phi) is 5.46. The molecule has 0 fully saturated rings. The third-order valence-corrected chi connectivity index (χ3v) is 6.84. The largest absolute Gasteiger partial charge is 0.218 e. The second-order valence-electron chi connectivity index (χ2n) is 4.06. The van der Waals surface area contributed by atoms with Crippen LogP contribution in [-0.2, 0) is 19.7 Å². The second kappa shape index (κ2) is 6.72. The minimum Gasteiger partial charge on any atom is -0.218 e. The van der Waals surface area contributed by atoms with Crippen molar-refractivity contribution in [3.8, 4) is 0 Å². The number of hydrogen-bond donors (Lipinski definition) is 0. The maximum atomic E-state index is 12.7. The number of sulfone groups is 2. The Morgan fingerprint density at radius 2 is 0.909 bits per heavy atom. The topological polar surface area (TPSA) is 68.3 Å². The summed E-state index contributed by atoms with van der Waals surface area (Å²) in [6.45, 7) is 13.7. The van der Waals surface area contributed by atoms with Gasteiger partial charge in [-0.25, -0.2) is 16.8 Å². The van der Waals surface area contributed by atoms with Gasteiger partial charge in [0, 0.05) is 0 Å². The van der Waals surface area contributed by atoms with Gasteiger partial charge in [-0.05, 0) is 24.3 Å². The molecule has 0 bridgehead atoms. The van der Waals surface area contributed by atoms with Gasteiger partial charge >= 0.3 is 0 Å². The van der Waals surface area contributed by atoms with Gasteiger partial charge in [0.25, 0.3) is 0 Å². The lowest BCUT2D eigenvalue weighted by Crippen LogP contribution is -2.21. The van der Waals surface area contributed by atoms with Crippen LogP contribution in [-0.4, -0.2) is 16.8 Å². The van der Waals surface area contributed by atoms with Gasteiger partial charge in [-0.2, -0.15) is 0 Å². The van der Waals surface area contributed by atoms with E-state index in [2.05, 4.69) is 26.3 Å². The van der Waals surface area contributed by atoms with Gasteiger partial charge in [0.2, 0.25) is 19.7 Å². The molecule has 0 aromatic heterocycles. The molecule has 0 aromatic rings. The van der Waals surface area contributed by atoms with Gasteiger partial charge in [0.15, 0.2) is 0 Å². The van der Waals surface area contributed by atoms with Crippen LogP contribution in [0.1, 0.15) is 0 Å². The van der Waals surface area contributed by atoms with Gasteiger partial charge < -0.3 is 0 Å². The minimum absolute atomic E-state index is 0.350. The van der Waals surface area contributed by atoms with E-state index in [4.69, 9.17) is 0 Å². The summed E-state index contributed by atoms with van der Waals surface area (Å²) in [6.07, 6.45) is 9.76. The van der Waals surface area contributed by atoms with E-state index in [1.54, 1.807) is 0 Å². The lowest BCUT2D eigenvalue weighted by Gasteiger charge is -2.20. The quantitative estimate of drug-likeness (QED) is 0.699. The van der Waals surface area contributed by atoms with Crippen LogP contribution >= 0.6 is 0 Å². The van der Waals surface area contributed by atoms with Crippen molar-refractivity contribution in [3.05, 3.63) is 94.5 Å². The van der Waals surface area contributed by atoms with E-state index in [-0.39, 0.29) is 19.6 Å². The molecule has 0 N–H and O–H groups in total. The summed E-state index contributed by atoms with van der Waals surface area (Å²) in [7, 11) is -8.06. The van der Waals surface area contributed by atoms with E-state index in [0.29, 0.717) is 0 Å². The Bertz CT molecular complexity index is 799. The first-order valence-corrected chi connectivity index (χ1v) is 9.07. The SMILES string of the molecule is C=C/C=C\C1=C(C=C)S(=O)(=O)C(C=C)=C(/C=C\C=C)S1(=O)=O. The standard InChI is InChI=1S/C16H16O4S2/c1-5-9-11-15-13(7-3)21(17,18)14(8-4)16(12-10-6-2)22(15,19)20/h5-12H,1-4H2/b11-9-,12-10-. The fourth-order valence-electron chi connectivity index (χ4n) is 1.84. The molecule has 0 aliphatic carbocycles. The van der Waals surface area contributed by atoms with Gasteiger partial charge in [-0.3, -0.25) is 0 Å². The normalized spacial score (nSPS) is 20.4. The average Bonchev–Trinajstić information content (AvgIpc) is 2.45. The monoisotopic (exact) mass is 336 g/mol. The van der Waals surface area contributed by atoms with Gasteiger partial charge in [-0.1, -0.05) is 50.6 Å². The molecule has 0 saturated heterocycles. The van der Waals surface area contributed by atoms with Crippen LogP contribution in [0.5, 0.6) is 0 Å². The molecular weight excluding hydrogens is 320 g/mol. The molecule has 0 atom stereocenters. The van der Waals surface area contributed by atoms with Gasteiger partial charge in [-0.15, -0.1) is 0 Å². The maximum Gasteiger partial charge on any atom is 0.209 e. The van der Waals surface area contributed by atoms with E-state index in [9.17, 15) is 16.8 Å². The Balaban J connectivity index is 3.99. The van der Waals surface area contributed by atoms with Crippen molar-refractivity contribution in [1.82, 2.24) is 0 Å². The third kappa shape index (κ3) is 2.88. The summed E-state index contributed by atoms with van der Waals surface area (Å²) < 4.78 is 50.5. The van der Waals surface area contributed by atoms with E-state index >= 15 is 0 Å². The molecule has 22 heavy (non-hydrogen) atoms. The highest BCUT2D eigenvalue weighted by atomic mass is 32.2. The number of hydrogen-bond acceptors (Lipinski definition) is 4. The fourth-order valence-corrected chi connectivity index (χ4v) is 5.95. The van der Waals surface area contributed by atoms with Crippen LogP contribution in [0.2, 0.25) is 0 Å². The predicted octanol–water partition coefficient (Wildman–Crippen LogP) is 3.11. The molecule has 1 rings (SSSR count). The van der Waals surface area contributed by atoms with Gasteiger partial charge in [0.05, 0.1) is 19.6 Å². The average molecular weight is 336 g/mol. The Hall–Kier alpha value is -2.18. The summed E-state index contributed by atoms with van der Waals surface area (Å²) in [5, 5.41) is 0. The van der Waals surface area contributed by atoms with E-state index < -0.39 is 19.7 Å². The minimum atomic E-state index is -4.03. The second-order valence-corrected chi connectivity index (χ2v) is 7.83.